The summed E-state index contributed by atoms with van der Waals surface area (Å²) in [6.45, 7) is 4.39. The fraction of sp³-hybridized carbons (Fsp3) is 0.273. The molecule has 28 heavy (non-hydrogen) atoms. The molecule has 1 aromatic heterocycles. The van der Waals surface area contributed by atoms with E-state index in [0.29, 0.717) is 23.6 Å². The lowest BCUT2D eigenvalue weighted by molar-refractivity contribution is 0.0785. The number of ether oxygens (including phenoxy) is 2. The van der Waals surface area contributed by atoms with Crippen LogP contribution in [0, 0.1) is 13.8 Å². The fourth-order valence-electron chi connectivity index (χ4n) is 3.21. The van der Waals surface area contributed by atoms with Gasteiger partial charge >= 0.3 is 0 Å². The van der Waals surface area contributed by atoms with Crippen LogP contribution in [0.1, 0.15) is 27.4 Å². The molecule has 0 saturated carbocycles. The first-order valence-electron chi connectivity index (χ1n) is 9.03. The Hall–Kier alpha value is -3.28. The van der Waals surface area contributed by atoms with E-state index < -0.39 is 0 Å². The van der Waals surface area contributed by atoms with Crippen molar-refractivity contribution in [3.05, 3.63) is 65.1 Å². The highest BCUT2D eigenvalue weighted by Crippen LogP contribution is 2.28. The van der Waals surface area contributed by atoms with Crippen LogP contribution in [0.3, 0.4) is 0 Å². The van der Waals surface area contributed by atoms with Gasteiger partial charge in [-0.05, 0) is 43.7 Å². The third-order valence-corrected chi connectivity index (χ3v) is 4.62. The summed E-state index contributed by atoms with van der Waals surface area (Å²) >= 11 is 0. The lowest BCUT2D eigenvalue weighted by Gasteiger charge is -2.18. The Kier molecular flexibility index (Phi) is 5.68. The average Bonchev–Trinajstić information content (AvgIpc) is 3.05. The number of methoxy groups -OCH3 is 2. The molecule has 0 aliphatic heterocycles. The lowest BCUT2D eigenvalue weighted by Crippen LogP contribution is -2.26. The topological polar surface area (TPSA) is 67.5 Å². The highest BCUT2D eigenvalue weighted by Gasteiger charge is 2.14. The first-order chi connectivity index (χ1) is 13.4. The number of aromatic nitrogens is 2. The number of benzene rings is 2. The van der Waals surface area contributed by atoms with Crippen LogP contribution >= 0.6 is 0 Å². The summed E-state index contributed by atoms with van der Waals surface area (Å²) in [5, 5.41) is 0. The molecule has 0 saturated heterocycles. The fourth-order valence-corrected chi connectivity index (χ4v) is 3.21. The number of H-pyrrole nitrogens is 1. The van der Waals surface area contributed by atoms with Gasteiger partial charge in [0.2, 0.25) is 0 Å². The molecule has 1 N–H and O–H groups in total. The molecule has 0 aliphatic rings. The summed E-state index contributed by atoms with van der Waals surface area (Å²) in [6.07, 6.45) is 0. The summed E-state index contributed by atoms with van der Waals surface area (Å²) in [6, 6.07) is 13.2. The lowest BCUT2D eigenvalue weighted by atomic mass is 10.1. The highest BCUT2D eigenvalue weighted by atomic mass is 16.5. The molecule has 6 nitrogen and oxygen atoms in total. The van der Waals surface area contributed by atoms with E-state index in [-0.39, 0.29) is 5.91 Å². The smallest absolute Gasteiger partial charge is 0.253 e. The zero-order chi connectivity index (χ0) is 20.3. The van der Waals surface area contributed by atoms with E-state index in [2.05, 4.69) is 9.97 Å². The third kappa shape index (κ3) is 4.01. The molecule has 3 rings (SSSR count). The molecule has 0 spiro atoms. The summed E-state index contributed by atoms with van der Waals surface area (Å²) < 4.78 is 10.6. The molecule has 146 valence electrons. The largest absolute Gasteiger partial charge is 0.493 e. The van der Waals surface area contributed by atoms with Crippen molar-refractivity contribution in [3.63, 3.8) is 0 Å². The van der Waals surface area contributed by atoms with Crippen molar-refractivity contribution in [1.29, 1.82) is 0 Å². The number of nitrogens with one attached hydrogen (secondary N) is 1. The Bertz CT molecular complexity index is 977. The number of amides is 1. The SMILES string of the molecule is COc1ccc(CN(C)C(=O)c2ccc(-c3nc(C)[nH]c3C)cc2)cc1OC. The number of nitrogens with zero attached hydrogens (tertiary/aromatic N) is 2. The number of rotatable bonds is 6. The van der Waals surface area contributed by atoms with Crippen LogP contribution in [0.5, 0.6) is 11.5 Å². The first kappa shape index (κ1) is 19.5. The normalized spacial score (nSPS) is 10.6. The zero-order valence-electron chi connectivity index (χ0n) is 16.9. The number of aromatic amines is 1. The van der Waals surface area contributed by atoms with Gasteiger partial charge in [-0.15, -0.1) is 0 Å². The molecule has 3 aromatic rings. The Morgan fingerprint density at radius 3 is 2.29 bits per heavy atom. The summed E-state index contributed by atoms with van der Waals surface area (Å²) in [5.41, 5.74) is 4.52. The molecular formula is C22H25N3O3. The predicted molar refractivity (Wildman–Crippen MR) is 109 cm³/mol. The second kappa shape index (κ2) is 8.17. The van der Waals surface area contributed by atoms with E-state index in [9.17, 15) is 4.79 Å². The molecule has 1 amide bonds. The standard InChI is InChI=1S/C22H25N3O3/c1-14-21(24-15(2)23-14)17-7-9-18(10-8-17)22(26)25(3)13-16-6-11-19(27-4)20(12-16)28-5/h6-12H,13H2,1-5H3,(H,23,24). The molecule has 0 aliphatic carbocycles. The van der Waals surface area contributed by atoms with E-state index in [1.807, 2.05) is 56.3 Å². The van der Waals surface area contributed by atoms with Gasteiger partial charge in [-0.25, -0.2) is 4.98 Å². The van der Waals surface area contributed by atoms with Gasteiger partial charge in [-0.1, -0.05) is 18.2 Å². The van der Waals surface area contributed by atoms with Crippen LogP contribution in [-0.2, 0) is 6.54 Å². The van der Waals surface area contributed by atoms with Gasteiger partial charge in [0.15, 0.2) is 11.5 Å². The van der Waals surface area contributed by atoms with Crippen LogP contribution in [0.2, 0.25) is 0 Å². The van der Waals surface area contributed by atoms with Crippen molar-refractivity contribution < 1.29 is 14.3 Å². The molecule has 2 aromatic carbocycles. The number of hydrogen-bond acceptors (Lipinski definition) is 4. The van der Waals surface area contributed by atoms with Crippen molar-refractivity contribution in [2.45, 2.75) is 20.4 Å². The maximum absolute atomic E-state index is 12.8. The quantitative estimate of drug-likeness (QED) is 0.703. The van der Waals surface area contributed by atoms with E-state index in [1.54, 1.807) is 26.2 Å². The minimum atomic E-state index is -0.0451. The number of carbonyl (C=O) groups is 1. The van der Waals surface area contributed by atoms with Gasteiger partial charge in [0.25, 0.3) is 5.91 Å². The number of imidazole rings is 1. The van der Waals surface area contributed by atoms with Crippen LogP contribution < -0.4 is 9.47 Å². The Morgan fingerprint density at radius 1 is 1.04 bits per heavy atom. The Labute approximate surface area is 165 Å². The van der Waals surface area contributed by atoms with Gasteiger partial charge in [-0.2, -0.15) is 0 Å². The van der Waals surface area contributed by atoms with Crippen LogP contribution in [0.15, 0.2) is 42.5 Å². The molecule has 0 fully saturated rings. The molecule has 0 atom stereocenters. The molecular weight excluding hydrogens is 354 g/mol. The molecule has 1 heterocycles. The molecule has 0 bridgehead atoms. The highest BCUT2D eigenvalue weighted by molar-refractivity contribution is 5.94. The maximum atomic E-state index is 12.8. The number of hydrogen-bond donors (Lipinski definition) is 1. The van der Waals surface area contributed by atoms with Crippen molar-refractivity contribution in [2.24, 2.45) is 0 Å². The van der Waals surface area contributed by atoms with E-state index >= 15 is 0 Å². The summed E-state index contributed by atoms with van der Waals surface area (Å²) in [7, 11) is 4.98. The maximum Gasteiger partial charge on any atom is 0.253 e. The number of aryl methyl sites for hydroxylation is 2. The van der Waals surface area contributed by atoms with Crippen LogP contribution in [-0.4, -0.2) is 42.0 Å². The predicted octanol–water partition coefficient (Wildman–Crippen LogP) is 3.98. The van der Waals surface area contributed by atoms with Crippen molar-refractivity contribution in [2.75, 3.05) is 21.3 Å². The van der Waals surface area contributed by atoms with Gasteiger partial charge in [0.1, 0.15) is 5.82 Å². The van der Waals surface area contributed by atoms with Crippen molar-refractivity contribution >= 4 is 5.91 Å². The first-order valence-corrected chi connectivity index (χ1v) is 9.03. The summed E-state index contributed by atoms with van der Waals surface area (Å²) in [4.78, 5) is 22.2. The Morgan fingerprint density at radius 2 is 1.71 bits per heavy atom. The van der Waals surface area contributed by atoms with E-state index in [4.69, 9.17) is 9.47 Å². The van der Waals surface area contributed by atoms with E-state index in [1.165, 1.54) is 0 Å². The minimum Gasteiger partial charge on any atom is -0.493 e. The third-order valence-electron chi connectivity index (χ3n) is 4.62. The van der Waals surface area contributed by atoms with Crippen molar-refractivity contribution in [3.8, 4) is 22.8 Å². The van der Waals surface area contributed by atoms with Crippen molar-refractivity contribution in [1.82, 2.24) is 14.9 Å². The van der Waals surface area contributed by atoms with E-state index in [0.717, 1.165) is 28.3 Å². The molecule has 6 heteroatoms. The molecule has 0 radical (unpaired) electrons. The second-order valence-electron chi connectivity index (χ2n) is 6.72. The number of carbonyl (C=O) groups excluding carboxylic acids is 1. The summed E-state index contributed by atoms with van der Waals surface area (Å²) in [5.74, 6) is 2.15. The minimum absolute atomic E-state index is 0.0451. The van der Waals surface area contributed by atoms with Crippen LogP contribution in [0.25, 0.3) is 11.3 Å². The van der Waals surface area contributed by atoms with Gasteiger partial charge < -0.3 is 19.4 Å². The van der Waals surface area contributed by atoms with Gasteiger partial charge in [0.05, 0.1) is 19.9 Å². The Balaban J connectivity index is 1.74. The average molecular weight is 379 g/mol. The van der Waals surface area contributed by atoms with Gasteiger partial charge in [-0.3, -0.25) is 4.79 Å². The van der Waals surface area contributed by atoms with Crippen LogP contribution in [0.4, 0.5) is 0 Å². The monoisotopic (exact) mass is 379 g/mol. The molecule has 0 unspecified atom stereocenters. The van der Waals surface area contributed by atoms with Gasteiger partial charge in [0, 0.05) is 30.4 Å². The second-order valence-corrected chi connectivity index (χ2v) is 6.72. The zero-order valence-corrected chi connectivity index (χ0v) is 16.9.